The number of piperidine rings is 1. The molecule has 0 saturated carbocycles. The number of rotatable bonds is 5. The molecule has 1 aromatic carbocycles. The van der Waals surface area contributed by atoms with Crippen LogP contribution in [-0.4, -0.2) is 54.2 Å². The van der Waals surface area contributed by atoms with Gasteiger partial charge in [-0.2, -0.15) is 4.98 Å². The van der Waals surface area contributed by atoms with Crippen molar-refractivity contribution in [1.82, 2.24) is 20.4 Å². The maximum atomic E-state index is 12.5. The Morgan fingerprint density at radius 3 is 2.70 bits per heavy atom. The predicted molar refractivity (Wildman–Crippen MR) is 100 cm³/mol. The van der Waals surface area contributed by atoms with Gasteiger partial charge < -0.3 is 19.5 Å². The normalized spacial score (nSPS) is 18.8. The van der Waals surface area contributed by atoms with Crippen molar-refractivity contribution in [3.63, 3.8) is 0 Å². The molecule has 2 fully saturated rings. The number of methoxy groups -OCH3 is 1. The van der Waals surface area contributed by atoms with E-state index < -0.39 is 0 Å². The topological polar surface area (TPSA) is 80.5 Å². The highest BCUT2D eigenvalue weighted by Crippen LogP contribution is 2.37. The van der Waals surface area contributed by atoms with Gasteiger partial charge in [-0.3, -0.25) is 4.79 Å². The summed E-state index contributed by atoms with van der Waals surface area (Å²) in [5, 5.41) is 7.48. The number of aryl methyl sites for hydroxylation is 1. The first-order chi connectivity index (χ1) is 13.2. The van der Waals surface area contributed by atoms with Crippen LogP contribution < -0.4 is 10.1 Å². The van der Waals surface area contributed by atoms with Crippen LogP contribution in [0.4, 0.5) is 0 Å². The van der Waals surface area contributed by atoms with Crippen LogP contribution in [0.5, 0.6) is 5.75 Å². The molecule has 2 aromatic rings. The number of nitrogens with zero attached hydrogens (tertiary/aromatic N) is 3. The Hall–Kier alpha value is -2.41. The van der Waals surface area contributed by atoms with E-state index in [4.69, 9.17) is 9.26 Å². The molecule has 7 heteroatoms. The average Bonchev–Trinajstić information content (AvgIpc) is 3.37. The molecule has 0 aliphatic carbocycles. The number of ether oxygens (including phenoxy) is 1. The number of likely N-dealkylation sites (tertiary alicyclic amines) is 1. The van der Waals surface area contributed by atoms with E-state index in [2.05, 4.69) is 15.5 Å². The highest BCUT2D eigenvalue weighted by Gasteiger charge is 2.37. The summed E-state index contributed by atoms with van der Waals surface area (Å²) in [6.45, 7) is 3.94. The van der Waals surface area contributed by atoms with Crippen molar-refractivity contribution in [2.45, 2.75) is 32.1 Å². The van der Waals surface area contributed by atoms with E-state index in [1.165, 1.54) is 6.42 Å². The molecule has 0 radical (unpaired) electrons. The third-order valence-electron chi connectivity index (χ3n) is 5.88. The molecule has 7 nitrogen and oxygen atoms in total. The largest absolute Gasteiger partial charge is 0.497 e. The molecule has 2 aliphatic rings. The number of hydrogen-bond donors (Lipinski definition) is 1. The van der Waals surface area contributed by atoms with Crippen molar-refractivity contribution < 1.29 is 14.1 Å². The van der Waals surface area contributed by atoms with E-state index in [1.807, 2.05) is 29.2 Å². The van der Waals surface area contributed by atoms with Gasteiger partial charge in [-0.25, -0.2) is 0 Å². The minimum Gasteiger partial charge on any atom is -0.497 e. The summed E-state index contributed by atoms with van der Waals surface area (Å²) in [7, 11) is 1.63. The molecule has 3 heterocycles. The maximum absolute atomic E-state index is 12.5. The van der Waals surface area contributed by atoms with Crippen LogP contribution in [-0.2, 0) is 11.2 Å². The number of carbonyl (C=O) groups is 1. The molecular weight excluding hydrogens is 344 g/mol. The number of hydrogen-bond acceptors (Lipinski definition) is 6. The van der Waals surface area contributed by atoms with Crippen molar-refractivity contribution in [3.05, 3.63) is 30.2 Å². The van der Waals surface area contributed by atoms with Crippen LogP contribution >= 0.6 is 0 Å². The van der Waals surface area contributed by atoms with Gasteiger partial charge in [0.1, 0.15) is 5.75 Å². The monoisotopic (exact) mass is 370 g/mol. The van der Waals surface area contributed by atoms with E-state index in [-0.39, 0.29) is 5.91 Å². The second kappa shape index (κ2) is 7.68. The summed E-state index contributed by atoms with van der Waals surface area (Å²) >= 11 is 0. The lowest BCUT2D eigenvalue weighted by atomic mass is 9.78. The van der Waals surface area contributed by atoms with E-state index >= 15 is 0 Å². The molecule has 0 bridgehead atoms. The molecule has 2 aliphatic heterocycles. The third kappa shape index (κ3) is 3.98. The van der Waals surface area contributed by atoms with Crippen molar-refractivity contribution in [2.75, 3.05) is 33.3 Å². The molecule has 4 rings (SSSR count). The highest BCUT2D eigenvalue weighted by molar-refractivity contribution is 5.76. The van der Waals surface area contributed by atoms with E-state index in [0.717, 1.165) is 50.3 Å². The van der Waals surface area contributed by atoms with Crippen LogP contribution in [0.1, 0.15) is 31.6 Å². The lowest BCUT2D eigenvalue weighted by molar-refractivity contribution is -0.133. The predicted octanol–water partition coefficient (Wildman–Crippen LogP) is 2.28. The van der Waals surface area contributed by atoms with Crippen LogP contribution in [0.2, 0.25) is 0 Å². The minimum atomic E-state index is 0.181. The van der Waals surface area contributed by atoms with Gasteiger partial charge in [0.05, 0.1) is 7.11 Å². The second-order valence-corrected chi connectivity index (χ2v) is 7.55. The van der Waals surface area contributed by atoms with E-state index in [1.54, 1.807) is 7.11 Å². The van der Waals surface area contributed by atoms with Gasteiger partial charge in [0, 0.05) is 38.0 Å². The Balaban J connectivity index is 1.29. The smallest absolute Gasteiger partial charge is 0.227 e. The minimum absolute atomic E-state index is 0.181. The summed E-state index contributed by atoms with van der Waals surface area (Å²) in [5.74, 6) is 2.00. The zero-order valence-electron chi connectivity index (χ0n) is 15.7. The van der Waals surface area contributed by atoms with Crippen molar-refractivity contribution in [2.24, 2.45) is 5.41 Å². The van der Waals surface area contributed by atoms with Crippen molar-refractivity contribution in [3.8, 4) is 17.1 Å². The zero-order valence-corrected chi connectivity index (χ0v) is 15.7. The molecular formula is C20H26N4O3. The van der Waals surface area contributed by atoms with E-state index in [9.17, 15) is 4.79 Å². The van der Waals surface area contributed by atoms with Gasteiger partial charge in [0.25, 0.3) is 0 Å². The molecule has 1 N–H and O–H groups in total. The first kappa shape index (κ1) is 18.0. The fourth-order valence-electron chi connectivity index (χ4n) is 4.04. The standard InChI is InChI=1S/C20H26N4O3/c1-26-16-4-2-15(3-5-16)19-22-17(27-23-19)6-7-18(25)24-12-9-20(10-13-24)8-11-21-14-20/h2-5,21H,6-14H2,1H3. The highest BCUT2D eigenvalue weighted by atomic mass is 16.5. The average molecular weight is 370 g/mol. The number of amides is 1. The molecule has 1 amide bonds. The first-order valence-electron chi connectivity index (χ1n) is 9.63. The molecule has 1 aromatic heterocycles. The summed E-state index contributed by atoms with van der Waals surface area (Å²) in [6, 6.07) is 7.50. The quantitative estimate of drug-likeness (QED) is 0.870. The Morgan fingerprint density at radius 1 is 1.26 bits per heavy atom. The molecule has 0 unspecified atom stereocenters. The van der Waals surface area contributed by atoms with Gasteiger partial charge in [0.2, 0.25) is 17.6 Å². The van der Waals surface area contributed by atoms with Crippen molar-refractivity contribution in [1.29, 1.82) is 0 Å². The van der Waals surface area contributed by atoms with Crippen molar-refractivity contribution >= 4 is 5.91 Å². The SMILES string of the molecule is COc1ccc(-c2noc(CCC(=O)N3CCC4(CCNC4)CC3)n2)cc1. The van der Waals surface area contributed by atoms with E-state index in [0.29, 0.717) is 30.0 Å². The Morgan fingerprint density at radius 2 is 2.04 bits per heavy atom. The summed E-state index contributed by atoms with van der Waals surface area (Å²) in [4.78, 5) is 18.9. The van der Waals surface area contributed by atoms with Gasteiger partial charge in [-0.15, -0.1) is 0 Å². The molecule has 2 saturated heterocycles. The Kier molecular flexibility index (Phi) is 5.11. The zero-order chi connectivity index (χ0) is 18.7. The fourth-order valence-corrected chi connectivity index (χ4v) is 4.04. The Labute approximate surface area is 159 Å². The molecule has 27 heavy (non-hydrogen) atoms. The number of benzene rings is 1. The molecule has 0 atom stereocenters. The first-order valence-corrected chi connectivity index (χ1v) is 9.63. The lowest BCUT2D eigenvalue weighted by Crippen LogP contribution is -2.44. The molecule has 1 spiro atoms. The van der Waals surface area contributed by atoms with Crippen LogP contribution in [0.3, 0.4) is 0 Å². The summed E-state index contributed by atoms with van der Waals surface area (Å²) in [6.07, 6.45) is 4.34. The van der Waals surface area contributed by atoms with Crippen LogP contribution in [0.25, 0.3) is 11.4 Å². The summed E-state index contributed by atoms with van der Waals surface area (Å²) in [5.41, 5.74) is 1.29. The number of aromatic nitrogens is 2. The summed E-state index contributed by atoms with van der Waals surface area (Å²) < 4.78 is 10.5. The van der Waals surface area contributed by atoms with Crippen LogP contribution in [0, 0.1) is 5.41 Å². The molecule has 144 valence electrons. The fraction of sp³-hybridized carbons (Fsp3) is 0.550. The third-order valence-corrected chi connectivity index (χ3v) is 5.88. The lowest BCUT2D eigenvalue weighted by Gasteiger charge is -2.38. The second-order valence-electron chi connectivity index (χ2n) is 7.55. The number of carbonyl (C=O) groups excluding carboxylic acids is 1. The van der Waals surface area contributed by atoms with Gasteiger partial charge >= 0.3 is 0 Å². The van der Waals surface area contributed by atoms with Gasteiger partial charge in [-0.1, -0.05) is 5.16 Å². The number of nitrogens with one attached hydrogen (secondary N) is 1. The maximum Gasteiger partial charge on any atom is 0.227 e. The van der Waals surface area contributed by atoms with Gasteiger partial charge in [-0.05, 0) is 55.5 Å². The van der Waals surface area contributed by atoms with Crippen LogP contribution in [0.15, 0.2) is 28.8 Å². The Bertz CT molecular complexity index is 771. The van der Waals surface area contributed by atoms with Gasteiger partial charge in [0.15, 0.2) is 0 Å².